The third-order valence-electron chi connectivity index (χ3n) is 3.05. The summed E-state index contributed by atoms with van der Waals surface area (Å²) in [5.74, 6) is -0.263. The van der Waals surface area contributed by atoms with Gasteiger partial charge in [0.25, 0.3) is 0 Å². The average molecular weight is 257 g/mol. The number of pyridine rings is 1. The van der Waals surface area contributed by atoms with Gasteiger partial charge in [-0.05, 0) is 42.2 Å². The Balaban J connectivity index is 2.17. The van der Waals surface area contributed by atoms with E-state index in [2.05, 4.69) is 4.98 Å². The van der Waals surface area contributed by atoms with Gasteiger partial charge in [0.15, 0.2) is 5.78 Å². The molecule has 2 rings (SSSR count). The van der Waals surface area contributed by atoms with Crippen LogP contribution in [0, 0.1) is 12.7 Å². The molecule has 0 aliphatic carbocycles. The monoisotopic (exact) mass is 257 g/mol. The predicted octanol–water partition coefficient (Wildman–Crippen LogP) is 3.52. The molecule has 2 nitrogen and oxygen atoms in total. The van der Waals surface area contributed by atoms with Gasteiger partial charge >= 0.3 is 0 Å². The number of carbonyl (C=O) groups is 1. The lowest BCUT2D eigenvalue weighted by Gasteiger charge is -2.05. The molecule has 0 spiro atoms. The van der Waals surface area contributed by atoms with Crippen molar-refractivity contribution in [2.45, 2.75) is 26.7 Å². The van der Waals surface area contributed by atoms with Crippen LogP contribution in [-0.2, 0) is 12.8 Å². The van der Waals surface area contributed by atoms with E-state index in [0.29, 0.717) is 17.7 Å². The van der Waals surface area contributed by atoms with Gasteiger partial charge in [0.2, 0.25) is 0 Å². The molecule has 0 bridgehead atoms. The fourth-order valence-corrected chi connectivity index (χ4v) is 1.92. The second-order valence-electron chi connectivity index (χ2n) is 4.60. The lowest BCUT2D eigenvalue weighted by atomic mass is 10.0. The van der Waals surface area contributed by atoms with Crippen molar-refractivity contribution < 1.29 is 9.18 Å². The van der Waals surface area contributed by atoms with E-state index < -0.39 is 0 Å². The zero-order valence-electron chi connectivity index (χ0n) is 11.1. The molecular formula is C16H16FNO. The van der Waals surface area contributed by atoms with Crippen LogP contribution in [0.4, 0.5) is 4.39 Å². The Morgan fingerprint density at radius 3 is 2.68 bits per heavy atom. The van der Waals surface area contributed by atoms with Crippen LogP contribution in [0.25, 0.3) is 0 Å². The number of carbonyl (C=O) groups excluding carboxylic acids is 1. The molecule has 98 valence electrons. The van der Waals surface area contributed by atoms with Gasteiger partial charge in [-0.25, -0.2) is 4.39 Å². The Bertz CT molecular complexity index is 590. The first-order chi connectivity index (χ1) is 9.10. The minimum atomic E-state index is -0.216. The number of hydrogen-bond acceptors (Lipinski definition) is 2. The van der Waals surface area contributed by atoms with Crippen LogP contribution in [0.5, 0.6) is 0 Å². The molecule has 1 heterocycles. The highest BCUT2D eigenvalue weighted by molar-refractivity contribution is 5.95. The van der Waals surface area contributed by atoms with E-state index in [9.17, 15) is 9.18 Å². The van der Waals surface area contributed by atoms with Crippen LogP contribution in [0.2, 0.25) is 0 Å². The Morgan fingerprint density at radius 2 is 2.05 bits per heavy atom. The van der Waals surface area contributed by atoms with Crippen molar-refractivity contribution in [3.05, 3.63) is 64.7 Å². The molecule has 0 saturated carbocycles. The summed E-state index contributed by atoms with van der Waals surface area (Å²) in [4.78, 5) is 16.2. The molecule has 0 unspecified atom stereocenters. The Kier molecular flexibility index (Phi) is 4.05. The number of aryl methyl sites for hydroxylation is 2. The number of rotatable bonds is 4. The first kappa shape index (κ1) is 13.4. The summed E-state index contributed by atoms with van der Waals surface area (Å²) in [5, 5.41) is 0. The number of hydrogen-bond donors (Lipinski definition) is 0. The van der Waals surface area contributed by atoms with E-state index in [0.717, 1.165) is 11.1 Å². The van der Waals surface area contributed by atoms with E-state index >= 15 is 0 Å². The molecule has 3 heteroatoms. The summed E-state index contributed by atoms with van der Waals surface area (Å²) < 4.78 is 13.4. The molecular weight excluding hydrogens is 241 g/mol. The molecule has 1 aromatic heterocycles. The summed E-state index contributed by atoms with van der Waals surface area (Å²) in [6.45, 7) is 3.82. The normalized spacial score (nSPS) is 10.5. The smallest absolute Gasteiger partial charge is 0.185 e. The maximum atomic E-state index is 13.4. The van der Waals surface area contributed by atoms with E-state index in [1.165, 1.54) is 6.07 Å². The van der Waals surface area contributed by atoms with Crippen molar-refractivity contribution in [1.82, 2.24) is 4.98 Å². The fraction of sp³-hybridized carbons (Fsp3) is 0.250. The van der Waals surface area contributed by atoms with Crippen LogP contribution < -0.4 is 0 Å². The zero-order chi connectivity index (χ0) is 13.8. The molecule has 19 heavy (non-hydrogen) atoms. The van der Waals surface area contributed by atoms with E-state index in [-0.39, 0.29) is 18.0 Å². The van der Waals surface area contributed by atoms with Gasteiger partial charge in [0, 0.05) is 12.6 Å². The van der Waals surface area contributed by atoms with Crippen molar-refractivity contribution >= 4 is 5.78 Å². The van der Waals surface area contributed by atoms with E-state index in [4.69, 9.17) is 0 Å². The number of nitrogens with zero attached hydrogens (tertiary/aromatic N) is 1. The van der Waals surface area contributed by atoms with E-state index in [1.807, 2.05) is 19.9 Å². The van der Waals surface area contributed by atoms with Crippen molar-refractivity contribution in [2.75, 3.05) is 0 Å². The van der Waals surface area contributed by atoms with Crippen LogP contribution in [-0.4, -0.2) is 10.8 Å². The van der Waals surface area contributed by atoms with E-state index in [1.54, 1.807) is 24.4 Å². The first-order valence-electron chi connectivity index (χ1n) is 6.33. The van der Waals surface area contributed by atoms with Gasteiger partial charge in [0.05, 0.1) is 0 Å². The maximum Gasteiger partial charge on any atom is 0.185 e. The molecule has 0 radical (unpaired) electrons. The van der Waals surface area contributed by atoms with Gasteiger partial charge in [-0.3, -0.25) is 9.78 Å². The fourth-order valence-electron chi connectivity index (χ4n) is 1.92. The predicted molar refractivity (Wildman–Crippen MR) is 72.8 cm³/mol. The van der Waals surface area contributed by atoms with Crippen molar-refractivity contribution in [2.24, 2.45) is 0 Å². The summed E-state index contributed by atoms with van der Waals surface area (Å²) >= 11 is 0. The lowest BCUT2D eigenvalue weighted by Crippen LogP contribution is -2.06. The van der Waals surface area contributed by atoms with Crippen molar-refractivity contribution in [1.29, 1.82) is 0 Å². The minimum absolute atomic E-state index is 0.0475. The molecule has 0 aliphatic heterocycles. The largest absolute Gasteiger partial charge is 0.292 e. The van der Waals surface area contributed by atoms with Gasteiger partial charge in [0.1, 0.15) is 11.5 Å². The lowest BCUT2D eigenvalue weighted by molar-refractivity contribution is 0.0988. The highest BCUT2D eigenvalue weighted by Gasteiger charge is 2.10. The van der Waals surface area contributed by atoms with Gasteiger partial charge < -0.3 is 0 Å². The van der Waals surface area contributed by atoms with Crippen LogP contribution in [0.1, 0.15) is 34.1 Å². The molecule has 2 aromatic rings. The number of aromatic nitrogens is 1. The summed E-state index contributed by atoms with van der Waals surface area (Å²) in [6.07, 6.45) is 2.55. The maximum absolute atomic E-state index is 13.4. The number of halogens is 1. The summed E-state index contributed by atoms with van der Waals surface area (Å²) in [7, 11) is 0. The summed E-state index contributed by atoms with van der Waals surface area (Å²) in [6, 6.07) is 8.41. The SMILES string of the molecule is CCc1cc(CC(=O)c2ccc(C)cn2)ccc1F. The van der Waals surface area contributed by atoms with Crippen LogP contribution in [0.3, 0.4) is 0 Å². The van der Waals surface area contributed by atoms with Crippen LogP contribution >= 0.6 is 0 Å². The molecule has 1 aromatic carbocycles. The first-order valence-corrected chi connectivity index (χ1v) is 6.33. The molecule has 0 fully saturated rings. The Labute approximate surface area is 112 Å². The third-order valence-corrected chi connectivity index (χ3v) is 3.05. The highest BCUT2D eigenvalue weighted by Crippen LogP contribution is 2.13. The quantitative estimate of drug-likeness (QED) is 0.784. The van der Waals surface area contributed by atoms with Gasteiger partial charge in [-0.2, -0.15) is 0 Å². The molecule has 0 saturated heterocycles. The molecule has 0 aliphatic rings. The van der Waals surface area contributed by atoms with Crippen molar-refractivity contribution in [3.8, 4) is 0 Å². The highest BCUT2D eigenvalue weighted by atomic mass is 19.1. The average Bonchev–Trinajstić information content (AvgIpc) is 2.41. The summed E-state index contributed by atoms with van der Waals surface area (Å²) in [5.41, 5.74) is 2.94. The van der Waals surface area contributed by atoms with Gasteiger partial charge in [-0.15, -0.1) is 0 Å². The second-order valence-corrected chi connectivity index (χ2v) is 4.60. The molecule has 0 amide bonds. The topological polar surface area (TPSA) is 30.0 Å². The Hall–Kier alpha value is -2.03. The standard InChI is InChI=1S/C16H16FNO/c1-3-13-8-12(5-6-14(13)17)9-16(19)15-7-4-11(2)10-18-15/h4-8,10H,3,9H2,1-2H3. The second kappa shape index (κ2) is 5.74. The van der Waals surface area contributed by atoms with Crippen molar-refractivity contribution in [3.63, 3.8) is 0 Å². The minimum Gasteiger partial charge on any atom is -0.292 e. The Morgan fingerprint density at radius 1 is 1.26 bits per heavy atom. The molecule has 0 N–H and O–H groups in total. The number of benzene rings is 1. The zero-order valence-corrected chi connectivity index (χ0v) is 11.1. The van der Waals surface area contributed by atoms with Crippen LogP contribution in [0.15, 0.2) is 36.5 Å². The number of Topliss-reactive ketones (excluding diaryl/α,β-unsaturated/α-hetero) is 1. The number of ketones is 1. The third kappa shape index (κ3) is 3.25. The van der Waals surface area contributed by atoms with Gasteiger partial charge in [-0.1, -0.05) is 25.1 Å². The molecule has 0 atom stereocenters.